The van der Waals surface area contributed by atoms with E-state index in [2.05, 4.69) is 29.0 Å². The zero-order valence-corrected chi connectivity index (χ0v) is 16.7. The molecule has 3 aromatic rings. The maximum atomic E-state index is 12.7. The van der Waals surface area contributed by atoms with Gasteiger partial charge in [0.05, 0.1) is 20.5 Å². The summed E-state index contributed by atoms with van der Waals surface area (Å²) in [7, 11) is 3.14. The van der Waals surface area contributed by atoms with E-state index in [0.29, 0.717) is 30.0 Å². The maximum absolute atomic E-state index is 12.7. The van der Waals surface area contributed by atoms with Gasteiger partial charge >= 0.3 is 0 Å². The van der Waals surface area contributed by atoms with Crippen LogP contribution in [0.1, 0.15) is 27.0 Å². The standard InChI is InChI=1S/C23H25N3O3/c1-4-6-19-12-20(13-21(28-2)22(19)29-3)23(27)25-14-17-7-5-8-18(11-17)15-26-10-9-24-16-26/h4-5,7-13,16H,1,6,14-15H2,2-3H3,(H,25,27). The number of benzene rings is 2. The molecule has 0 saturated heterocycles. The molecule has 1 aromatic heterocycles. The summed E-state index contributed by atoms with van der Waals surface area (Å²) >= 11 is 0. The van der Waals surface area contributed by atoms with Crippen LogP contribution in [0, 0.1) is 0 Å². The van der Waals surface area contributed by atoms with E-state index in [0.717, 1.165) is 23.2 Å². The third kappa shape index (κ3) is 5.04. The Balaban J connectivity index is 1.72. The van der Waals surface area contributed by atoms with Crippen molar-refractivity contribution in [3.05, 3.63) is 90.0 Å². The van der Waals surface area contributed by atoms with Gasteiger partial charge in [0.15, 0.2) is 11.5 Å². The molecule has 0 bridgehead atoms. The fourth-order valence-electron chi connectivity index (χ4n) is 3.19. The highest BCUT2D eigenvalue weighted by Crippen LogP contribution is 2.33. The van der Waals surface area contributed by atoms with Crippen molar-refractivity contribution >= 4 is 5.91 Å². The second kappa shape index (κ2) is 9.59. The Labute approximate surface area is 170 Å². The summed E-state index contributed by atoms with van der Waals surface area (Å²) in [5.41, 5.74) is 3.56. The highest BCUT2D eigenvalue weighted by atomic mass is 16.5. The first kappa shape index (κ1) is 20.2. The molecular formula is C23H25N3O3. The minimum atomic E-state index is -0.170. The van der Waals surface area contributed by atoms with Crippen molar-refractivity contribution in [2.45, 2.75) is 19.5 Å². The molecule has 2 aromatic carbocycles. The van der Waals surface area contributed by atoms with Crippen LogP contribution < -0.4 is 14.8 Å². The van der Waals surface area contributed by atoms with E-state index >= 15 is 0 Å². The lowest BCUT2D eigenvalue weighted by molar-refractivity contribution is 0.0950. The topological polar surface area (TPSA) is 65.4 Å². The van der Waals surface area contributed by atoms with Gasteiger partial charge in [0.2, 0.25) is 0 Å². The SMILES string of the molecule is C=CCc1cc(C(=O)NCc2cccc(Cn3ccnc3)c2)cc(OC)c1OC. The van der Waals surface area contributed by atoms with Gasteiger partial charge in [-0.2, -0.15) is 0 Å². The monoisotopic (exact) mass is 391 g/mol. The Bertz CT molecular complexity index is 981. The summed E-state index contributed by atoms with van der Waals surface area (Å²) in [6, 6.07) is 11.6. The smallest absolute Gasteiger partial charge is 0.251 e. The molecule has 0 aliphatic carbocycles. The molecule has 0 aliphatic rings. The summed E-state index contributed by atoms with van der Waals surface area (Å²) < 4.78 is 12.8. The molecule has 0 radical (unpaired) electrons. The zero-order valence-electron chi connectivity index (χ0n) is 16.7. The highest BCUT2D eigenvalue weighted by molar-refractivity contribution is 5.95. The van der Waals surface area contributed by atoms with Gasteiger partial charge in [0.1, 0.15) is 0 Å². The lowest BCUT2D eigenvalue weighted by Gasteiger charge is -2.14. The second-order valence-electron chi connectivity index (χ2n) is 6.60. The number of methoxy groups -OCH3 is 2. The van der Waals surface area contributed by atoms with Gasteiger partial charge in [-0.05, 0) is 29.7 Å². The van der Waals surface area contributed by atoms with Gasteiger partial charge in [0.25, 0.3) is 5.91 Å². The molecule has 0 fully saturated rings. The highest BCUT2D eigenvalue weighted by Gasteiger charge is 2.15. The average Bonchev–Trinajstić information content (AvgIpc) is 3.25. The fraction of sp³-hybridized carbons (Fsp3) is 0.217. The number of carbonyl (C=O) groups is 1. The second-order valence-corrected chi connectivity index (χ2v) is 6.60. The number of aromatic nitrogens is 2. The van der Waals surface area contributed by atoms with Gasteiger partial charge in [-0.15, -0.1) is 6.58 Å². The first-order chi connectivity index (χ1) is 14.1. The van der Waals surface area contributed by atoms with Crippen LogP contribution in [0.5, 0.6) is 11.5 Å². The van der Waals surface area contributed by atoms with Crippen LogP contribution in [-0.2, 0) is 19.5 Å². The molecule has 0 atom stereocenters. The van der Waals surface area contributed by atoms with Gasteiger partial charge in [0, 0.05) is 36.6 Å². The Morgan fingerprint density at radius 2 is 2.03 bits per heavy atom. The van der Waals surface area contributed by atoms with Crippen molar-refractivity contribution in [3.8, 4) is 11.5 Å². The van der Waals surface area contributed by atoms with Crippen molar-refractivity contribution in [3.63, 3.8) is 0 Å². The Hall–Kier alpha value is -3.54. The van der Waals surface area contributed by atoms with Crippen LogP contribution >= 0.6 is 0 Å². The molecule has 29 heavy (non-hydrogen) atoms. The van der Waals surface area contributed by atoms with Crippen molar-refractivity contribution in [1.82, 2.24) is 14.9 Å². The average molecular weight is 391 g/mol. The van der Waals surface area contributed by atoms with Gasteiger partial charge in [-0.25, -0.2) is 4.98 Å². The van der Waals surface area contributed by atoms with Crippen LogP contribution in [0.25, 0.3) is 0 Å². The predicted molar refractivity (Wildman–Crippen MR) is 112 cm³/mol. The molecule has 1 amide bonds. The molecule has 0 aliphatic heterocycles. The molecule has 6 nitrogen and oxygen atoms in total. The summed E-state index contributed by atoms with van der Waals surface area (Å²) in [5, 5.41) is 2.98. The number of carbonyl (C=O) groups excluding carboxylic acids is 1. The molecule has 3 rings (SSSR count). The third-order valence-corrected chi connectivity index (χ3v) is 4.55. The van der Waals surface area contributed by atoms with E-state index in [9.17, 15) is 4.79 Å². The fourth-order valence-corrected chi connectivity index (χ4v) is 3.19. The minimum absolute atomic E-state index is 0.170. The lowest BCUT2D eigenvalue weighted by atomic mass is 10.0. The number of amides is 1. The van der Waals surface area contributed by atoms with Crippen molar-refractivity contribution in [2.24, 2.45) is 0 Å². The first-order valence-corrected chi connectivity index (χ1v) is 9.32. The summed E-state index contributed by atoms with van der Waals surface area (Å²) in [5.74, 6) is 0.978. The number of hydrogen-bond acceptors (Lipinski definition) is 4. The Kier molecular flexibility index (Phi) is 6.68. The summed E-state index contributed by atoms with van der Waals surface area (Å²) in [4.78, 5) is 16.8. The molecule has 6 heteroatoms. The van der Waals surface area contributed by atoms with Gasteiger partial charge in [-0.1, -0.05) is 30.3 Å². The third-order valence-electron chi connectivity index (χ3n) is 4.55. The van der Waals surface area contributed by atoms with Crippen molar-refractivity contribution in [2.75, 3.05) is 14.2 Å². The molecule has 0 saturated carbocycles. The minimum Gasteiger partial charge on any atom is -0.493 e. The predicted octanol–water partition coefficient (Wildman–Crippen LogP) is 3.61. The van der Waals surface area contributed by atoms with E-state index in [1.807, 2.05) is 29.0 Å². The van der Waals surface area contributed by atoms with Crippen molar-refractivity contribution < 1.29 is 14.3 Å². The van der Waals surface area contributed by atoms with E-state index in [1.165, 1.54) is 0 Å². The molecule has 1 N–H and O–H groups in total. The Morgan fingerprint density at radius 1 is 1.21 bits per heavy atom. The number of imidazole rings is 1. The zero-order chi connectivity index (χ0) is 20.6. The van der Waals surface area contributed by atoms with Crippen LogP contribution in [0.4, 0.5) is 0 Å². The van der Waals surface area contributed by atoms with E-state index in [1.54, 1.807) is 38.9 Å². The van der Waals surface area contributed by atoms with E-state index < -0.39 is 0 Å². The molecule has 0 unspecified atom stereocenters. The normalized spacial score (nSPS) is 10.4. The van der Waals surface area contributed by atoms with E-state index in [4.69, 9.17) is 9.47 Å². The maximum Gasteiger partial charge on any atom is 0.251 e. The van der Waals surface area contributed by atoms with Crippen LogP contribution in [0.3, 0.4) is 0 Å². The first-order valence-electron chi connectivity index (χ1n) is 9.32. The summed E-state index contributed by atoms with van der Waals surface area (Å²) in [6.45, 7) is 4.94. The molecule has 1 heterocycles. The van der Waals surface area contributed by atoms with Crippen molar-refractivity contribution in [1.29, 1.82) is 0 Å². The lowest BCUT2D eigenvalue weighted by Crippen LogP contribution is -2.23. The quantitative estimate of drug-likeness (QED) is 0.566. The van der Waals surface area contributed by atoms with Gasteiger partial charge < -0.3 is 19.4 Å². The Morgan fingerprint density at radius 3 is 2.72 bits per heavy atom. The van der Waals surface area contributed by atoms with Crippen LogP contribution in [0.2, 0.25) is 0 Å². The number of hydrogen-bond donors (Lipinski definition) is 1. The number of nitrogens with one attached hydrogen (secondary N) is 1. The van der Waals surface area contributed by atoms with Gasteiger partial charge in [-0.3, -0.25) is 4.79 Å². The summed E-state index contributed by atoms with van der Waals surface area (Å²) in [6.07, 6.45) is 7.81. The van der Waals surface area contributed by atoms with Crippen LogP contribution in [-0.4, -0.2) is 29.7 Å². The number of allylic oxidation sites excluding steroid dienone is 1. The largest absolute Gasteiger partial charge is 0.493 e. The number of ether oxygens (including phenoxy) is 2. The van der Waals surface area contributed by atoms with E-state index in [-0.39, 0.29) is 5.91 Å². The molecule has 150 valence electrons. The molecule has 0 spiro atoms. The number of nitrogens with zero attached hydrogens (tertiary/aromatic N) is 2. The molecular weight excluding hydrogens is 366 g/mol. The van der Waals surface area contributed by atoms with Crippen LogP contribution in [0.15, 0.2) is 67.8 Å². The number of rotatable bonds is 9.